The maximum atomic E-state index is 9.86. The van der Waals surface area contributed by atoms with Crippen LogP contribution in [0.15, 0.2) is 0 Å². The van der Waals surface area contributed by atoms with Crippen LogP contribution in [0, 0.1) is 5.92 Å². The molecule has 0 saturated carbocycles. The Morgan fingerprint density at radius 3 is 2.00 bits per heavy atom. The SMILES string of the molecule is CC[C@H](C)C[O-].[K+]. The van der Waals surface area contributed by atoms with E-state index in [2.05, 4.69) is 0 Å². The van der Waals surface area contributed by atoms with Crippen molar-refractivity contribution in [3.63, 3.8) is 0 Å². The zero-order valence-corrected chi connectivity index (χ0v) is 8.52. The summed E-state index contributed by atoms with van der Waals surface area (Å²) < 4.78 is 0. The molecule has 1 nitrogen and oxygen atoms in total. The van der Waals surface area contributed by atoms with Crippen LogP contribution in [0.4, 0.5) is 0 Å². The molecule has 0 aliphatic heterocycles. The Kier molecular flexibility index (Phi) is 12.4. The third kappa shape index (κ3) is 7.60. The fraction of sp³-hybridized carbons (Fsp3) is 1.00. The molecular weight excluding hydrogens is 115 g/mol. The van der Waals surface area contributed by atoms with Crippen LogP contribution < -0.4 is 56.5 Å². The first kappa shape index (κ1) is 11.4. The van der Waals surface area contributed by atoms with Crippen LogP contribution in [-0.2, 0) is 0 Å². The minimum atomic E-state index is 0. The molecule has 1 atom stereocenters. The standard InChI is InChI=1S/C5H11O.K/c1-3-5(2)4-6;/h5H,3-4H2,1-2H3;/q-1;+1/t5-;/m0./s1. The van der Waals surface area contributed by atoms with Gasteiger partial charge in [-0.05, 0) is 0 Å². The van der Waals surface area contributed by atoms with E-state index < -0.39 is 0 Å². The molecule has 0 amide bonds. The van der Waals surface area contributed by atoms with Crippen molar-refractivity contribution in [3.05, 3.63) is 0 Å². The van der Waals surface area contributed by atoms with E-state index in [9.17, 15) is 5.11 Å². The predicted octanol–water partition coefficient (Wildman–Crippen LogP) is -2.60. The van der Waals surface area contributed by atoms with Gasteiger partial charge in [0.15, 0.2) is 0 Å². The van der Waals surface area contributed by atoms with Crippen molar-refractivity contribution in [1.29, 1.82) is 0 Å². The zero-order valence-electron chi connectivity index (χ0n) is 5.40. The van der Waals surface area contributed by atoms with Crippen molar-refractivity contribution >= 4 is 0 Å². The third-order valence-electron chi connectivity index (χ3n) is 0.981. The van der Waals surface area contributed by atoms with Crippen molar-refractivity contribution < 1.29 is 56.5 Å². The molecule has 2 heteroatoms. The van der Waals surface area contributed by atoms with Crippen LogP contribution in [0.25, 0.3) is 0 Å². The van der Waals surface area contributed by atoms with E-state index in [-0.39, 0.29) is 58.0 Å². The summed E-state index contributed by atoms with van der Waals surface area (Å²) in [4.78, 5) is 0. The van der Waals surface area contributed by atoms with E-state index in [1.54, 1.807) is 0 Å². The fourth-order valence-electron chi connectivity index (χ4n) is 0.118. The molecule has 0 aliphatic rings. The largest absolute Gasteiger partial charge is 1.00 e. The molecule has 0 aromatic rings. The van der Waals surface area contributed by atoms with Gasteiger partial charge in [0.25, 0.3) is 0 Å². The first-order chi connectivity index (χ1) is 2.81. The Bertz CT molecular complexity index is 27.3. The monoisotopic (exact) mass is 126 g/mol. The Balaban J connectivity index is 0. The molecular formula is C5H11KO. The Morgan fingerprint density at radius 2 is 2.00 bits per heavy atom. The van der Waals surface area contributed by atoms with Crippen LogP contribution in [0.1, 0.15) is 20.3 Å². The van der Waals surface area contributed by atoms with Gasteiger partial charge in [-0.25, -0.2) is 0 Å². The van der Waals surface area contributed by atoms with Crippen molar-refractivity contribution in [2.24, 2.45) is 5.92 Å². The maximum absolute atomic E-state index is 9.86. The molecule has 0 aliphatic carbocycles. The number of hydrogen-bond acceptors (Lipinski definition) is 1. The first-order valence-corrected chi connectivity index (χ1v) is 2.39. The van der Waals surface area contributed by atoms with E-state index in [0.717, 1.165) is 6.42 Å². The summed E-state index contributed by atoms with van der Waals surface area (Å²) in [5.41, 5.74) is 0. The van der Waals surface area contributed by atoms with Gasteiger partial charge in [-0.3, -0.25) is 0 Å². The zero-order chi connectivity index (χ0) is 4.99. The predicted molar refractivity (Wildman–Crippen MR) is 24.3 cm³/mol. The Labute approximate surface area is 87.9 Å². The smallest absolute Gasteiger partial charge is 0.854 e. The van der Waals surface area contributed by atoms with Gasteiger partial charge in [-0.1, -0.05) is 26.2 Å². The van der Waals surface area contributed by atoms with E-state index in [1.807, 2.05) is 13.8 Å². The van der Waals surface area contributed by atoms with Gasteiger partial charge in [0.05, 0.1) is 0 Å². The molecule has 0 fully saturated rings. The summed E-state index contributed by atoms with van der Waals surface area (Å²) in [7, 11) is 0. The molecule has 38 valence electrons. The van der Waals surface area contributed by atoms with Gasteiger partial charge in [-0.15, -0.1) is 6.61 Å². The van der Waals surface area contributed by atoms with Crippen molar-refractivity contribution in [3.8, 4) is 0 Å². The minimum absolute atomic E-state index is 0. The molecule has 0 heterocycles. The van der Waals surface area contributed by atoms with Crippen LogP contribution in [-0.4, -0.2) is 6.61 Å². The van der Waals surface area contributed by atoms with E-state index in [0.29, 0.717) is 5.92 Å². The molecule has 0 saturated heterocycles. The Morgan fingerprint density at radius 1 is 1.57 bits per heavy atom. The van der Waals surface area contributed by atoms with Crippen LogP contribution >= 0.6 is 0 Å². The van der Waals surface area contributed by atoms with Gasteiger partial charge in [-0.2, -0.15) is 0 Å². The van der Waals surface area contributed by atoms with Gasteiger partial charge >= 0.3 is 51.4 Å². The second-order valence-corrected chi connectivity index (χ2v) is 1.68. The van der Waals surface area contributed by atoms with Gasteiger partial charge in [0.2, 0.25) is 0 Å². The summed E-state index contributed by atoms with van der Waals surface area (Å²) in [5, 5.41) is 9.86. The normalized spacial score (nSPS) is 12.4. The molecule has 0 rings (SSSR count). The van der Waals surface area contributed by atoms with Crippen molar-refractivity contribution in [2.45, 2.75) is 20.3 Å². The van der Waals surface area contributed by atoms with Gasteiger partial charge in [0, 0.05) is 0 Å². The van der Waals surface area contributed by atoms with Crippen molar-refractivity contribution in [2.75, 3.05) is 6.61 Å². The molecule has 7 heavy (non-hydrogen) atoms. The van der Waals surface area contributed by atoms with Crippen LogP contribution in [0.5, 0.6) is 0 Å². The second-order valence-electron chi connectivity index (χ2n) is 1.68. The van der Waals surface area contributed by atoms with Gasteiger partial charge in [0.1, 0.15) is 0 Å². The summed E-state index contributed by atoms with van der Waals surface area (Å²) >= 11 is 0. The van der Waals surface area contributed by atoms with Crippen molar-refractivity contribution in [1.82, 2.24) is 0 Å². The topological polar surface area (TPSA) is 23.1 Å². The second kappa shape index (κ2) is 7.60. The average molecular weight is 126 g/mol. The van der Waals surface area contributed by atoms with E-state index in [4.69, 9.17) is 0 Å². The minimum Gasteiger partial charge on any atom is -0.854 e. The Hall–Kier alpha value is 1.60. The fourth-order valence-corrected chi connectivity index (χ4v) is 0.118. The number of hydrogen-bond donors (Lipinski definition) is 0. The maximum Gasteiger partial charge on any atom is 1.00 e. The average Bonchev–Trinajstić information content (AvgIpc) is 1.65. The summed E-state index contributed by atoms with van der Waals surface area (Å²) in [6.07, 6.45) is 1.02. The summed E-state index contributed by atoms with van der Waals surface area (Å²) in [6.45, 7) is 4.08. The molecule has 0 aromatic heterocycles. The third-order valence-corrected chi connectivity index (χ3v) is 0.981. The molecule has 0 N–H and O–H groups in total. The van der Waals surface area contributed by atoms with Crippen LogP contribution in [0.2, 0.25) is 0 Å². The molecule has 0 aromatic carbocycles. The molecule has 0 spiro atoms. The quantitative estimate of drug-likeness (QED) is 0.372. The van der Waals surface area contributed by atoms with E-state index in [1.165, 1.54) is 0 Å². The summed E-state index contributed by atoms with van der Waals surface area (Å²) in [5.74, 6) is 0.380. The number of rotatable bonds is 2. The molecule has 0 radical (unpaired) electrons. The van der Waals surface area contributed by atoms with Crippen LogP contribution in [0.3, 0.4) is 0 Å². The molecule has 0 unspecified atom stereocenters. The van der Waals surface area contributed by atoms with Gasteiger partial charge < -0.3 is 5.11 Å². The summed E-state index contributed by atoms with van der Waals surface area (Å²) in [6, 6.07) is 0. The molecule has 0 bridgehead atoms. The van der Waals surface area contributed by atoms with E-state index >= 15 is 0 Å². The first-order valence-electron chi connectivity index (χ1n) is 2.39.